The molecule has 0 N–H and O–H groups in total. The third-order valence-corrected chi connectivity index (χ3v) is 0. The summed E-state index contributed by atoms with van der Waals surface area (Å²) in [5.41, 5.74) is 0. The summed E-state index contributed by atoms with van der Waals surface area (Å²) in [4.78, 5) is 0. The summed E-state index contributed by atoms with van der Waals surface area (Å²) < 4.78 is 34.1. The Labute approximate surface area is 111 Å². The monoisotopic (exact) mass is 226 g/mol. The van der Waals surface area contributed by atoms with E-state index in [0.29, 0.717) is 0 Å². The fourth-order valence-electron chi connectivity index (χ4n) is 0. The topological polar surface area (TPSA) is 80.3 Å². The van der Waals surface area contributed by atoms with Gasteiger partial charge in [0.2, 0.25) is 0 Å². The molecule has 0 atom stereocenters. The average molecular weight is 226 g/mol. The van der Waals surface area contributed by atoms with Crippen LogP contribution < -0.4 is 51.4 Å². The van der Waals surface area contributed by atoms with Crippen molar-refractivity contribution in [1.29, 1.82) is 0 Å². The first kappa shape index (κ1) is 18.7. The van der Waals surface area contributed by atoms with Gasteiger partial charge in [-0.05, 0) is 0 Å². The van der Waals surface area contributed by atoms with Crippen LogP contribution in [0.5, 0.6) is 0 Å². The molecule has 0 aliphatic rings. The van der Waals surface area contributed by atoms with Gasteiger partial charge in [0.1, 0.15) is 0 Å². The second-order valence-corrected chi connectivity index (χ2v) is 9.27. The molecule has 4 nitrogen and oxygen atoms in total. The molecule has 64 valence electrons. The second-order valence-electron chi connectivity index (χ2n) is 3.09. The van der Waals surface area contributed by atoms with E-state index < -0.39 is 10.4 Å². The Hall–Kier alpha value is 1.94. The van der Waals surface area contributed by atoms with E-state index in [2.05, 4.69) is 26.7 Å². The maximum Gasteiger partial charge on any atom is 1.00 e. The van der Waals surface area contributed by atoms with Gasteiger partial charge in [-0.3, -0.25) is 8.42 Å². The summed E-state index contributed by atoms with van der Waals surface area (Å²) in [7, 11) is -5.56. The molecule has 0 aliphatic heterocycles. The molecular formula is C4H12KO4PS. The van der Waals surface area contributed by atoms with Gasteiger partial charge in [0.05, 0.1) is 0 Å². The molecule has 0 aromatic rings. The van der Waals surface area contributed by atoms with E-state index in [1.807, 2.05) is 0 Å². The van der Waals surface area contributed by atoms with Crippen LogP contribution in [0.15, 0.2) is 0 Å². The summed E-state index contributed by atoms with van der Waals surface area (Å²) in [5, 5.41) is 0. The van der Waals surface area contributed by atoms with Crippen LogP contribution in [0.25, 0.3) is 0 Å². The molecule has 0 bridgehead atoms. The van der Waals surface area contributed by atoms with Crippen molar-refractivity contribution in [3.05, 3.63) is 0 Å². The molecule has 0 amide bonds. The van der Waals surface area contributed by atoms with Gasteiger partial charge in [-0.15, -0.1) is 0 Å². The zero-order valence-corrected chi connectivity index (χ0v) is 12.3. The summed E-state index contributed by atoms with van der Waals surface area (Å²) in [6, 6.07) is 0. The molecule has 0 aromatic carbocycles. The van der Waals surface area contributed by atoms with E-state index in [1.54, 1.807) is 0 Å². The maximum absolute atomic E-state index is 8.52. The van der Waals surface area contributed by atoms with Gasteiger partial charge in [0, 0.05) is 44.3 Å². The van der Waals surface area contributed by atoms with E-state index in [4.69, 9.17) is 17.5 Å². The molecule has 11 heavy (non-hydrogen) atoms. The minimum atomic E-state index is -5.17. The molecular weight excluding hydrogens is 214 g/mol. The van der Waals surface area contributed by atoms with Crippen molar-refractivity contribution in [3.8, 4) is 0 Å². The minimum absolute atomic E-state index is 0. The van der Waals surface area contributed by atoms with E-state index in [1.165, 1.54) is 0 Å². The fourth-order valence-corrected chi connectivity index (χ4v) is 0. The molecule has 0 fully saturated rings. The van der Waals surface area contributed by atoms with Crippen LogP contribution in [0.2, 0.25) is 0 Å². The van der Waals surface area contributed by atoms with Crippen LogP contribution in [0.3, 0.4) is 0 Å². The van der Waals surface area contributed by atoms with Crippen molar-refractivity contribution in [2.45, 2.75) is 0 Å². The first-order chi connectivity index (χ1) is 4.00. The molecule has 0 aliphatic carbocycles. The standard InChI is InChI=1S/C4H12P.K.H2O4S/c1-5(2,3)4;;1-5(2,3)4/h1-4H3;;(H2,1,2,3,4)/q2*+1;/p-2. The molecule has 0 saturated carbocycles. The molecule has 0 saturated heterocycles. The van der Waals surface area contributed by atoms with Crippen molar-refractivity contribution in [2.75, 3.05) is 26.7 Å². The van der Waals surface area contributed by atoms with Gasteiger partial charge < -0.3 is 9.11 Å². The molecule has 7 heteroatoms. The third kappa shape index (κ3) is 314. The molecule has 0 heterocycles. The minimum Gasteiger partial charge on any atom is -0.759 e. The molecule has 0 aromatic heterocycles. The van der Waals surface area contributed by atoms with Gasteiger partial charge in [0.15, 0.2) is 0 Å². The number of rotatable bonds is 0. The fraction of sp³-hybridized carbons (Fsp3) is 1.00. The molecule has 0 rings (SSSR count). The quantitative estimate of drug-likeness (QED) is 0.193. The molecule has 0 unspecified atom stereocenters. The Morgan fingerprint density at radius 2 is 1.00 bits per heavy atom. The summed E-state index contributed by atoms with van der Waals surface area (Å²) >= 11 is 0. The maximum atomic E-state index is 8.52. The van der Waals surface area contributed by atoms with E-state index in [0.717, 1.165) is 0 Å². The van der Waals surface area contributed by atoms with Crippen LogP contribution in [0.1, 0.15) is 0 Å². The van der Waals surface area contributed by atoms with E-state index >= 15 is 0 Å². The normalized spacial score (nSPS) is 10.7. The van der Waals surface area contributed by atoms with Crippen molar-refractivity contribution in [3.63, 3.8) is 0 Å². The Morgan fingerprint density at radius 3 is 1.00 bits per heavy atom. The van der Waals surface area contributed by atoms with Crippen molar-refractivity contribution in [1.82, 2.24) is 0 Å². The molecule has 0 radical (unpaired) electrons. The van der Waals surface area contributed by atoms with Gasteiger partial charge in [-0.2, -0.15) is 0 Å². The van der Waals surface area contributed by atoms with Crippen LogP contribution in [0, 0.1) is 0 Å². The Kier molecular flexibility index (Phi) is 12.5. The second kappa shape index (κ2) is 7.35. The van der Waals surface area contributed by atoms with Crippen LogP contribution >= 0.6 is 7.26 Å². The van der Waals surface area contributed by atoms with Gasteiger partial charge in [-0.1, -0.05) is 0 Å². The van der Waals surface area contributed by atoms with Gasteiger partial charge in [0.25, 0.3) is 0 Å². The zero-order chi connectivity index (χ0) is 9.00. The van der Waals surface area contributed by atoms with E-state index in [-0.39, 0.29) is 58.6 Å². The van der Waals surface area contributed by atoms with Crippen molar-refractivity contribution >= 4 is 17.7 Å². The first-order valence-corrected chi connectivity index (χ1v) is 7.37. The smallest absolute Gasteiger partial charge is 0.759 e. The Balaban J connectivity index is -0.000000107. The summed E-state index contributed by atoms with van der Waals surface area (Å²) in [6.45, 7) is 9.19. The Morgan fingerprint density at radius 1 is 1.00 bits per heavy atom. The summed E-state index contributed by atoms with van der Waals surface area (Å²) in [6.07, 6.45) is 0. The van der Waals surface area contributed by atoms with Crippen molar-refractivity contribution in [2.24, 2.45) is 0 Å². The Bertz CT molecular complexity index is 157. The van der Waals surface area contributed by atoms with Gasteiger partial charge >= 0.3 is 51.4 Å². The zero-order valence-electron chi connectivity index (χ0n) is 7.49. The van der Waals surface area contributed by atoms with Crippen LogP contribution in [-0.4, -0.2) is 44.2 Å². The van der Waals surface area contributed by atoms with Crippen molar-refractivity contribution < 1.29 is 68.9 Å². The van der Waals surface area contributed by atoms with E-state index in [9.17, 15) is 0 Å². The predicted octanol–water partition coefficient (Wildman–Crippen LogP) is -2.81. The molecule has 0 spiro atoms. The van der Waals surface area contributed by atoms with Gasteiger partial charge in [-0.25, -0.2) is 0 Å². The average Bonchev–Trinajstić information content (AvgIpc) is 1.12. The predicted molar refractivity (Wildman–Crippen MR) is 41.1 cm³/mol. The van der Waals surface area contributed by atoms with Crippen LogP contribution in [0.4, 0.5) is 0 Å². The third-order valence-electron chi connectivity index (χ3n) is 0. The first-order valence-electron chi connectivity index (χ1n) is 2.46. The largest absolute Gasteiger partial charge is 1.00 e. The number of hydrogen-bond donors (Lipinski definition) is 0. The number of hydrogen-bond acceptors (Lipinski definition) is 4. The summed E-state index contributed by atoms with van der Waals surface area (Å²) in [5.74, 6) is 0. The SMILES string of the molecule is C[P+](C)(C)C.O=S(=O)([O-])[O-].[K+]. The van der Waals surface area contributed by atoms with Crippen LogP contribution in [-0.2, 0) is 10.4 Å².